The Balaban J connectivity index is 1.66. The summed E-state index contributed by atoms with van der Waals surface area (Å²) in [5.74, 6) is 0.860. The second-order valence-electron chi connectivity index (χ2n) is 10.7. The van der Waals surface area contributed by atoms with E-state index in [-0.39, 0.29) is 11.6 Å². The maximum atomic E-state index is 12.9. The minimum absolute atomic E-state index is 0.117. The third kappa shape index (κ3) is 4.37. The molecule has 2 aliphatic rings. The van der Waals surface area contributed by atoms with E-state index < -0.39 is 5.60 Å². The number of benzene rings is 1. The van der Waals surface area contributed by atoms with E-state index in [1.807, 2.05) is 32.1 Å². The molecule has 2 atom stereocenters. The number of thiazole rings is 1. The molecule has 0 saturated carbocycles. The summed E-state index contributed by atoms with van der Waals surface area (Å²) in [6, 6.07) is 6.42. The summed E-state index contributed by atoms with van der Waals surface area (Å²) >= 11 is 1.81. The second-order valence-corrected chi connectivity index (χ2v) is 11.7. The average Bonchev–Trinajstić information content (AvgIpc) is 3.19. The van der Waals surface area contributed by atoms with Crippen molar-refractivity contribution >= 4 is 33.3 Å². The molecule has 168 valence electrons. The first-order valence-electron chi connectivity index (χ1n) is 11.3. The van der Waals surface area contributed by atoms with Gasteiger partial charge in [-0.25, -0.2) is 9.78 Å². The van der Waals surface area contributed by atoms with E-state index in [0.717, 1.165) is 36.2 Å². The Hall–Kier alpha value is -1.92. The number of fused-ring (bicyclic) bond motifs is 1. The lowest BCUT2D eigenvalue weighted by molar-refractivity contribution is 0.0327. The van der Waals surface area contributed by atoms with Gasteiger partial charge >= 0.3 is 6.09 Å². The normalized spacial score (nSPS) is 24.5. The van der Waals surface area contributed by atoms with Gasteiger partial charge in [0.15, 0.2) is 0 Å². The number of allylic oxidation sites excluding steroid dienone is 1. The number of aromatic nitrogens is 1. The van der Waals surface area contributed by atoms with Crippen molar-refractivity contribution in [1.82, 2.24) is 14.8 Å². The molecule has 0 spiro atoms. The zero-order valence-electron chi connectivity index (χ0n) is 19.9. The van der Waals surface area contributed by atoms with Crippen LogP contribution in [0.1, 0.15) is 70.9 Å². The third-order valence-electron chi connectivity index (χ3n) is 6.70. The number of amides is 1. The Labute approximate surface area is 190 Å². The van der Waals surface area contributed by atoms with E-state index in [9.17, 15) is 4.79 Å². The van der Waals surface area contributed by atoms with Crippen LogP contribution in [0.4, 0.5) is 4.79 Å². The molecule has 1 aromatic carbocycles. The highest BCUT2D eigenvalue weighted by molar-refractivity contribution is 7.18. The van der Waals surface area contributed by atoms with Crippen LogP contribution in [0.3, 0.4) is 0 Å². The SMILES string of the molecule is C[C@H]1CC=C(c2ccc3sc([C@H]4CCN(C)C4(C)C)nc3c2)N(C(=O)OC(C)(C)C)C1. The van der Waals surface area contributed by atoms with Crippen molar-refractivity contribution in [3.63, 3.8) is 0 Å². The fourth-order valence-corrected chi connectivity index (χ4v) is 5.84. The Kier molecular flexibility index (Phi) is 5.67. The molecule has 2 aliphatic heterocycles. The quantitative estimate of drug-likeness (QED) is 0.564. The molecule has 0 unspecified atom stereocenters. The lowest BCUT2D eigenvalue weighted by Gasteiger charge is -2.33. The molecular formula is C25H35N3O2S. The standard InChI is InChI=1S/C25H35N3O2S/c1-16-8-10-20(28(15-16)23(29)30-24(2,3)4)17-9-11-21-19(14-17)26-22(31-21)18-12-13-27(7)25(18,5)6/h9-11,14,16,18H,8,12-13,15H2,1-7H3/t16-,18+/m0/s1. The first-order chi connectivity index (χ1) is 14.5. The van der Waals surface area contributed by atoms with E-state index in [1.165, 1.54) is 9.71 Å². The van der Waals surface area contributed by atoms with Gasteiger partial charge in [-0.2, -0.15) is 0 Å². The Morgan fingerprint density at radius 2 is 2.03 bits per heavy atom. The Bertz CT molecular complexity index is 1020. The van der Waals surface area contributed by atoms with Crippen molar-refractivity contribution in [3.05, 3.63) is 34.8 Å². The van der Waals surface area contributed by atoms with Gasteiger partial charge in [0.2, 0.25) is 0 Å². The summed E-state index contributed by atoms with van der Waals surface area (Å²) in [5, 5.41) is 1.22. The molecule has 6 heteroatoms. The predicted molar refractivity (Wildman–Crippen MR) is 128 cm³/mol. The highest BCUT2D eigenvalue weighted by Gasteiger charge is 2.41. The number of likely N-dealkylation sites (tertiary alicyclic amines) is 1. The zero-order chi connectivity index (χ0) is 22.6. The molecule has 0 bridgehead atoms. The van der Waals surface area contributed by atoms with Crippen LogP contribution < -0.4 is 0 Å². The van der Waals surface area contributed by atoms with E-state index in [2.05, 4.69) is 57.0 Å². The van der Waals surface area contributed by atoms with Gasteiger partial charge in [0.1, 0.15) is 5.60 Å². The maximum Gasteiger partial charge on any atom is 0.414 e. The van der Waals surface area contributed by atoms with Crippen LogP contribution in [0.25, 0.3) is 15.9 Å². The number of carbonyl (C=O) groups is 1. The van der Waals surface area contributed by atoms with Gasteiger partial charge in [0.05, 0.1) is 20.9 Å². The fraction of sp³-hybridized carbons (Fsp3) is 0.600. The molecule has 1 fully saturated rings. The van der Waals surface area contributed by atoms with Gasteiger partial charge in [-0.05, 0) is 79.1 Å². The first-order valence-corrected chi connectivity index (χ1v) is 12.1. The molecule has 2 aromatic rings. The van der Waals surface area contributed by atoms with Crippen LogP contribution >= 0.6 is 11.3 Å². The lowest BCUT2D eigenvalue weighted by atomic mass is 9.89. The molecule has 4 rings (SSSR count). The average molecular weight is 442 g/mol. The van der Waals surface area contributed by atoms with Crippen molar-refractivity contribution < 1.29 is 9.53 Å². The van der Waals surface area contributed by atoms with Gasteiger partial charge in [-0.15, -0.1) is 11.3 Å². The summed E-state index contributed by atoms with van der Waals surface area (Å²) < 4.78 is 6.90. The predicted octanol–water partition coefficient (Wildman–Crippen LogP) is 6.11. The first kappa shape index (κ1) is 22.3. The summed E-state index contributed by atoms with van der Waals surface area (Å²) in [4.78, 5) is 22.2. The number of likely N-dealkylation sites (N-methyl/N-ethyl adjacent to an activating group) is 1. The van der Waals surface area contributed by atoms with E-state index in [1.54, 1.807) is 4.90 Å². The van der Waals surface area contributed by atoms with Crippen molar-refractivity contribution in [2.75, 3.05) is 20.1 Å². The molecule has 31 heavy (non-hydrogen) atoms. The van der Waals surface area contributed by atoms with Crippen molar-refractivity contribution in [3.8, 4) is 0 Å². The Morgan fingerprint density at radius 1 is 1.29 bits per heavy atom. The van der Waals surface area contributed by atoms with E-state index in [0.29, 0.717) is 18.4 Å². The molecule has 0 aliphatic carbocycles. The minimum atomic E-state index is -0.516. The van der Waals surface area contributed by atoms with Crippen molar-refractivity contribution in [2.24, 2.45) is 5.92 Å². The summed E-state index contributed by atoms with van der Waals surface area (Å²) in [7, 11) is 2.20. The number of hydrogen-bond donors (Lipinski definition) is 0. The molecular weight excluding hydrogens is 406 g/mol. The van der Waals surface area contributed by atoms with Gasteiger partial charge in [-0.1, -0.05) is 19.1 Å². The number of rotatable bonds is 2. The molecule has 1 saturated heterocycles. The molecule has 5 nitrogen and oxygen atoms in total. The second kappa shape index (κ2) is 7.89. The van der Waals surface area contributed by atoms with Crippen LogP contribution in [0.15, 0.2) is 24.3 Å². The minimum Gasteiger partial charge on any atom is -0.443 e. The molecule has 3 heterocycles. The van der Waals surface area contributed by atoms with Gasteiger partial charge in [0, 0.05) is 23.6 Å². The van der Waals surface area contributed by atoms with Gasteiger partial charge in [0.25, 0.3) is 0 Å². The Morgan fingerprint density at radius 3 is 2.68 bits per heavy atom. The van der Waals surface area contributed by atoms with Gasteiger partial charge in [-0.3, -0.25) is 4.90 Å². The number of nitrogens with zero attached hydrogens (tertiary/aromatic N) is 3. The summed E-state index contributed by atoms with van der Waals surface area (Å²) in [5.41, 5.74) is 2.59. The fourth-order valence-electron chi connectivity index (χ4n) is 4.58. The van der Waals surface area contributed by atoms with Crippen LogP contribution in [0, 0.1) is 5.92 Å². The molecule has 1 aromatic heterocycles. The highest BCUT2D eigenvalue weighted by Crippen LogP contribution is 2.43. The molecule has 0 radical (unpaired) electrons. The largest absolute Gasteiger partial charge is 0.443 e. The van der Waals surface area contributed by atoms with Crippen molar-refractivity contribution in [2.45, 2.75) is 71.4 Å². The third-order valence-corrected chi connectivity index (χ3v) is 7.85. The number of ether oxygens (including phenoxy) is 1. The smallest absolute Gasteiger partial charge is 0.414 e. The lowest BCUT2D eigenvalue weighted by Crippen LogP contribution is -2.39. The molecule has 0 N–H and O–H groups in total. The van der Waals surface area contributed by atoms with Crippen molar-refractivity contribution in [1.29, 1.82) is 0 Å². The van der Waals surface area contributed by atoms with Crippen LogP contribution in [-0.4, -0.2) is 52.2 Å². The van der Waals surface area contributed by atoms with Crippen LogP contribution in [-0.2, 0) is 4.74 Å². The monoisotopic (exact) mass is 441 g/mol. The number of carbonyl (C=O) groups excluding carboxylic acids is 1. The number of hydrogen-bond acceptors (Lipinski definition) is 5. The highest BCUT2D eigenvalue weighted by atomic mass is 32.1. The zero-order valence-corrected chi connectivity index (χ0v) is 20.7. The van der Waals surface area contributed by atoms with Crippen LogP contribution in [0.5, 0.6) is 0 Å². The topological polar surface area (TPSA) is 45.7 Å². The maximum absolute atomic E-state index is 12.9. The van der Waals surface area contributed by atoms with Gasteiger partial charge < -0.3 is 9.64 Å². The summed E-state index contributed by atoms with van der Waals surface area (Å²) in [6.45, 7) is 14.3. The van der Waals surface area contributed by atoms with E-state index >= 15 is 0 Å². The molecule has 1 amide bonds. The van der Waals surface area contributed by atoms with Crippen LogP contribution in [0.2, 0.25) is 0 Å². The summed E-state index contributed by atoms with van der Waals surface area (Å²) in [6.07, 6.45) is 3.99. The van der Waals surface area contributed by atoms with E-state index in [4.69, 9.17) is 9.72 Å².